The van der Waals surface area contributed by atoms with Gasteiger partial charge in [-0.25, -0.2) is 0 Å². The zero-order chi connectivity index (χ0) is 12.8. The number of nitrogens with zero attached hydrogens (tertiary/aromatic N) is 1. The quantitative estimate of drug-likeness (QED) is 0.634. The van der Waals surface area contributed by atoms with Crippen LogP contribution in [0.15, 0.2) is 23.8 Å². The van der Waals surface area contributed by atoms with E-state index >= 15 is 0 Å². The summed E-state index contributed by atoms with van der Waals surface area (Å²) in [5.41, 5.74) is 1.18. The van der Waals surface area contributed by atoms with Gasteiger partial charge < -0.3 is 5.32 Å². The Kier molecular flexibility index (Phi) is 4.78. The molecule has 1 N–H and O–H groups in total. The Hall–Kier alpha value is -1.75. The van der Waals surface area contributed by atoms with Crippen LogP contribution in [0.3, 0.4) is 0 Å². The highest BCUT2D eigenvalue weighted by Gasteiger charge is 2.13. The van der Waals surface area contributed by atoms with E-state index in [2.05, 4.69) is 5.32 Å². The van der Waals surface area contributed by atoms with Gasteiger partial charge >= 0.3 is 5.69 Å². The molecule has 5 heteroatoms. The molecule has 0 heterocycles. The van der Waals surface area contributed by atoms with Gasteiger partial charge in [0.2, 0.25) is 5.82 Å². The molecule has 0 bridgehead atoms. The van der Waals surface area contributed by atoms with Gasteiger partial charge in [-0.15, -0.1) is 0 Å². The lowest BCUT2D eigenvalue weighted by Crippen LogP contribution is -2.14. The van der Waals surface area contributed by atoms with Gasteiger partial charge in [0.25, 0.3) is 0 Å². The number of nitrogens with one attached hydrogen (secondary N) is 1. The zero-order valence-electron chi connectivity index (χ0n) is 9.87. The van der Waals surface area contributed by atoms with Gasteiger partial charge in [0.05, 0.1) is 4.92 Å². The molecule has 0 atom stereocenters. The predicted molar refractivity (Wildman–Crippen MR) is 65.2 cm³/mol. The number of rotatable bonds is 5. The van der Waals surface area contributed by atoms with E-state index < -0.39 is 16.4 Å². The van der Waals surface area contributed by atoms with Gasteiger partial charge in [0.1, 0.15) is 0 Å². The van der Waals surface area contributed by atoms with Crippen LogP contribution in [-0.2, 0) is 0 Å². The first-order valence-electron chi connectivity index (χ1n) is 5.36. The minimum atomic E-state index is -0.809. The smallest absolute Gasteiger partial charge is 0.305 e. The molecular formula is C12H15FN2O2. The Bertz CT molecular complexity index is 444. The minimum absolute atomic E-state index is 0.491. The summed E-state index contributed by atoms with van der Waals surface area (Å²) in [5.74, 6) is -0.809. The molecule has 0 spiro atoms. The Morgan fingerprint density at radius 1 is 1.59 bits per heavy atom. The maximum atomic E-state index is 13.1. The number of nitro benzene ring substituents is 1. The van der Waals surface area contributed by atoms with Crippen molar-refractivity contribution < 1.29 is 9.31 Å². The van der Waals surface area contributed by atoms with E-state index in [-0.39, 0.29) is 0 Å². The van der Waals surface area contributed by atoms with Crippen LogP contribution < -0.4 is 5.32 Å². The molecule has 0 aromatic heterocycles. The van der Waals surface area contributed by atoms with Crippen molar-refractivity contribution in [1.29, 1.82) is 0 Å². The molecule has 1 rings (SSSR count). The van der Waals surface area contributed by atoms with Crippen molar-refractivity contribution in [2.24, 2.45) is 0 Å². The van der Waals surface area contributed by atoms with Crippen molar-refractivity contribution in [3.8, 4) is 0 Å². The maximum Gasteiger partial charge on any atom is 0.305 e. The number of hydrogen-bond donors (Lipinski definition) is 1. The van der Waals surface area contributed by atoms with Crippen molar-refractivity contribution in [3.63, 3.8) is 0 Å². The van der Waals surface area contributed by atoms with Crippen LogP contribution >= 0.6 is 0 Å². The van der Waals surface area contributed by atoms with Gasteiger partial charge in [-0.3, -0.25) is 10.1 Å². The second-order valence-electron chi connectivity index (χ2n) is 3.74. The highest BCUT2D eigenvalue weighted by molar-refractivity contribution is 5.56. The summed E-state index contributed by atoms with van der Waals surface area (Å²) in [4.78, 5) is 9.85. The fourth-order valence-corrected chi connectivity index (χ4v) is 1.42. The summed E-state index contributed by atoms with van der Waals surface area (Å²) in [6.45, 7) is 5.48. The largest absolute Gasteiger partial charge is 0.313 e. The van der Waals surface area contributed by atoms with Crippen LogP contribution in [0.2, 0.25) is 0 Å². The lowest BCUT2D eigenvalue weighted by atomic mass is 10.1. The molecule has 0 unspecified atom stereocenters. The number of benzene rings is 1. The molecule has 4 nitrogen and oxygen atoms in total. The predicted octanol–water partition coefficient (Wildman–Crippen LogP) is 2.75. The number of likely N-dealkylation sites (N-methyl/N-ethyl adjacent to an activating group) is 1. The molecule has 0 saturated heterocycles. The van der Waals surface area contributed by atoms with Gasteiger partial charge in [-0.1, -0.05) is 24.6 Å². The highest BCUT2D eigenvalue weighted by Crippen LogP contribution is 2.19. The standard InChI is InChI=1S/C12H15FN2O2/c1-3-14-8-9(2)6-10-4-5-11(13)12(7-10)15(16)17/h4-7,14H,3,8H2,1-2H3/b9-6+. The van der Waals surface area contributed by atoms with E-state index in [4.69, 9.17) is 0 Å². The average molecular weight is 238 g/mol. The number of hydrogen-bond acceptors (Lipinski definition) is 3. The molecule has 1 aromatic carbocycles. The minimum Gasteiger partial charge on any atom is -0.313 e. The van der Waals surface area contributed by atoms with Crippen LogP contribution in [0.5, 0.6) is 0 Å². The molecule has 0 radical (unpaired) electrons. The summed E-state index contributed by atoms with van der Waals surface area (Å²) in [6.07, 6.45) is 1.80. The number of nitro groups is 1. The highest BCUT2D eigenvalue weighted by atomic mass is 19.1. The lowest BCUT2D eigenvalue weighted by molar-refractivity contribution is -0.387. The first-order valence-corrected chi connectivity index (χ1v) is 5.36. The molecule has 1 aromatic rings. The van der Waals surface area contributed by atoms with Gasteiger partial charge in [-0.2, -0.15) is 4.39 Å². The normalized spacial score (nSPS) is 11.6. The topological polar surface area (TPSA) is 55.2 Å². The fourth-order valence-electron chi connectivity index (χ4n) is 1.42. The molecule has 0 aliphatic heterocycles. The summed E-state index contributed by atoms with van der Waals surface area (Å²) in [7, 11) is 0. The Labute approximate surface area is 99.3 Å². The van der Waals surface area contributed by atoms with Crippen LogP contribution in [0.25, 0.3) is 6.08 Å². The van der Waals surface area contributed by atoms with Crippen LogP contribution in [0, 0.1) is 15.9 Å². The molecule has 0 aliphatic carbocycles. The fraction of sp³-hybridized carbons (Fsp3) is 0.333. The average Bonchev–Trinajstić information content (AvgIpc) is 2.28. The molecular weight excluding hydrogens is 223 g/mol. The Morgan fingerprint density at radius 2 is 2.29 bits per heavy atom. The molecule has 0 saturated carbocycles. The van der Waals surface area contributed by atoms with Gasteiger partial charge in [0, 0.05) is 12.6 Å². The maximum absolute atomic E-state index is 13.1. The Morgan fingerprint density at radius 3 is 2.88 bits per heavy atom. The lowest BCUT2D eigenvalue weighted by Gasteiger charge is -2.02. The Balaban J connectivity index is 2.92. The summed E-state index contributed by atoms with van der Waals surface area (Å²) in [6, 6.07) is 3.88. The van der Waals surface area contributed by atoms with Crippen LogP contribution in [0.1, 0.15) is 19.4 Å². The van der Waals surface area contributed by atoms with Gasteiger partial charge in [0.15, 0.2) is 0 Å². The SMILES string of the molecule is CCNC/C(C)=C/c1ccc(F)c([N+](=O)[O-])c1. The van der Waals surface area contributed by atoms with Crippen molar-refractivity contribution in [3.05, 3.63) is 45.3 Å². The molecule has 0 fully saturated rings. The van der Waals surface area contributed by atoms with E-state index in [9.17, 15) is 14.5 Å². The van der Waals surface area contributed by atoms with E-state index in [1.165, 1.54) is 12.1 Å². The van der Waals surface area contributed by atoms with Crippen molar-refractivity contribution >= 4 is 11.8 Å². The van der Waals surface area contributed by atoms with Crippen molar-refractivity contribution in [2.45, 2.75) is 13.8 Å². The monoisotopic (exact) mass is 238 g/mol. The first kappa shape index (κ1) is 13.3. The summed E-state index contributed by atoms with van der Waals surface area (Å²) < 4.78 is 13.1. The summed E-state index contributed by atoms with van der Waals surface area (Å²) in [5, 5.41) is 13.7. The first-order chi connectivity index (χ1) is 8.04. The third kappa shape index (κ3) is 3.96. The van der Waals surface area contributed by atoms with E-state index in [1.807, 2.05) is 13.8 Å². The third-order valence-electron chi connectivity index (χ3n) is 2.23. The molecule has 0 amide bonds. The van der Waals surface area contributed by atoms with Gasteiger partial charge in [-0.05, 0) is 25.1 Å². The van der Waals surface area contributed by atoms with Crippen molar-refractivity contribution in [1.82, 2.24) is 5.32 Å². The molecule has 0 aliphatic rings. The number of halogens is 1. The van der Waals surface area contributed by atoms with E-state index in [0.717, 1.165) is 18.2 Å². The van der Waals surface area contributed by atoms with E-state index in [1.54, 1.807) is 6.08 Å². The molecule has 92 valence electrons. The third-order valence-corrected chi connectivity index (χ3v) is 2.23. The van der Waals surface area contributed by atoms with Crippen LogP contribution in [0.4, 0.5) is 10.1 Å². The molecule has 17 heavy (non-hydrogen) atoms. The zero-order valence-corrected chi connectivity index (χ0v) is 9.87. The second kappa shape index (κ2) is 6.10. The van der Waals surface area contributed by atoms with Crippen molar-refractivity contribution in [2.75, 3.05) is 13.1 Å². The second-order valence-corrected chi connectivity index (χ2v) is 3.74. The van der Waals surface area contributed by atoms with E-state index in [0.29, 0.717) is 12.1 Å². The summed E-state index contributed by atoms with van der Waals surface area (Å²) >= 11 is 0. The van der Waals surface area contributed by atoms with Crippen LogP contribution in [-0.4, -0.2) is 18.0 Å².